The van der Waals surface area contributed by atoms with Crippen LogP contribution in [0.4, 0.5) is 8.78 Å². The molecule has 0 bridgehead atoms. The van der Waals surface area contributed by atoms with Gasteiger partial charge in [0, 0.05) is 24.7 Å². The minimum absolute atomic E-state index is 0.0497. The Kier molecular flexibility index (Phi) is 3.78. The zero-order valence-corrected chi connectivity index (χ0v) is 10.1. The van der Waals surface area contributed by atoms with Gasteiger partial charge in [-0.15, -0.1) is 0 Å². The smallest absolute Gasteiger partial charge is 0.306 e. The first-order chi connectivity index (χ1) is 8.97. The van der Waals surface area contributed by atoms with E-state index in [9.17, 15) is 18.4 Å². The highest BCUT2D eigenvalue weighted by Gasteiger charge is 2.27. The highest BCUT2D eigenvalue weighted by atomic mass is 19.1. The van der Waals surface area contributed by atoms with Crippen molar-refractivity contribution in [3.05, 3.63) is 35.4 Å². The molecule has 0 unspecified atom stereocenters. The Balaban J connectivity index is 2.07. The Labute approximate surface area is 108 Å². The number of nitrogens with zero attached hydrogens (tertiary/aromatic N) is 1. The average molecular weight is 269 g/mol. The fraction of sp³-hybridized carbons (Fsp3) is 0.385. The van der Waals surface area contributed by atoms with Crippen LogP contribution in [0, 0.1) is 17.6 Å². The van der Waals surface area contributed by atoms with Crippen molar-refractivity contribution in [2.75, 3.05) is 13.1 Å². The summed E-state index contributed by atoms with van der Waals surface area (Å²) in [6.45, 7) is 0.571. The number of rotatable bonds is 2. The van der Waals surface area contributed by atoms with Gasteiger partial charge in [0.05, 0.1) is 5.92 Å². The molecule has 1 saturated heterocycles. The SMILES string of the molecule is O=C(O)C1CCN(C(=O)c2cc(F)cc(F)c2)CC1. The summed E-state index contributed by atoms with van der Waals surface area (Å²) in [5.41, 5.74) is -0.0497. The van der Waals surface area contributed by atoms with Gasteiger partial charge in [0.2, 0.25) is 0 Å². The number of carboxylic acid groups (broad SMARTS) is 1. The Morgan fingerprint density at radius 2 is 1.63 bits per heavy atom. The number of carboxylic acids is 1. The van der Waals surface area contributed by atoms with Crippen molar-refractivity contribution < 1.29 is 23.5 Å². The van der Waals surface area contributed by atoms with Crippen molar-refractivity contribution in [1.82, 2.24) is 4.90 Å². The summed E-state index contributed by atoms with van der Waals surface area (Å²) in [6.07, 6.45) is 0.720. The van der Waals surface area contributed by atoms with E-state index < -0.39 is 29.4 Å². The monoisotopic (exact) mass is 269 g/mol. The molecule has 0 atom stereocenters. The number of carbonyl (C=O) groups is 2. The second kappa shape index (κ2) is 5.34. The molecule has 1 N–H and O–H groups in total. The normalized spacial score (nSPS) is 16.4. The fourth-order valence-electron chi connectivity index (χ4n) is 2.19. The minimum Gasteiger partial charge on any atom is -0.481 e. The Morgan fingerprint density at radius 1 is 1.11 bits per heavy atom. The summed E-state index contributed by atoms with van der Waals surface area (Å²) < 4.78 is 26.1. The lowest BCUT2D eigenvalue weighted by molar-refractivity contribution is -0.143. The number of halogens is 2. The highest BCUT2D eigenvalue weighted by Crippen LogP contribution is 2.20. The van der Waals surface area contributed by atoms with Crippen molar-refractivity contribution in [3.8, 4) is 0 Å². The third-order valence-electron chi connectivity index (χ3n) is 3.24. The molecular weight excluding hydrogens is 256 g/mol. The van der Waals surface area contributed by atoms with Crippen molar-refractivity contribution in [3.63, 3.8) is 0 Å². The average Bonchev–Trinajstić information content (AvgIpc) is 2.37. The van der Waals surface area contributed by atoms with E-state index in [1.165, 1.54) is 4.90 Å². The molecule has 1 aliphatic rings. The third-order valence-corrected chi connectivity index (χ3v) is 3.24. The zero-order chi connectivity index (χ0) is 14.0. The van der Waals surface area contributed by atoms with Crippen LogP contribution in [0.5, 0.6) is 0 Å². The Bertz CT molecular complexity index is 490. The van der Waals surface area contributed by atoms with Crippen LogP contribution in [0.3, 0.4) is 0 Å². The van der Waals surface area contributed by atoms with E-state index in [0.717, 1.165) is 12.1 Å². The van der Waals surface area contributed by atoms with Crippen LogP contribution in [0.25, 0.3) is 0 Å². The van der Waals surface area contributed by atoms with Gasteiger partial charge in [-0.2, -0.15) is 0 Å². The number of likely N-dealkylation sites (tertiary alicyclic amines) is 1. The van der Waals surface area contributed by atoms with Gasteiger partial charge in [-0.25, -0.2) is 8.78 Å². The molecule has 0 spiro atoms. The maximum absolute atomic E-state index is 13.0. The second-order valence-corrected chi connectivity index (χ2v) is 4.56. The highest BCUT2D eigenvalue weighted by molar-refractivity contribution is 5.94. The van der Waals surface area contributed by atoms with Gasteiger partial charge in [-0.1, -0.05) is 0 Å². The summed E-state index contributed by atoms with van der Waals surface area (Å²) in [4.78, 5) is 24.2. The molecule has 1 aromatic rings. The fourth-order valence-corrected chi connectivity index (χ4v) is 2.19. The van der Waals surface area contributed by atoms with Gasteiger partial charge >= 0.3 is 5.97 Å². The van der Waals surface area contributed by atoms with Crippen molar-refractivity contribution in [2.45, 2.75) is 12.8 Å². The molecule has 19 heavy (non-hydrogen) atoms. The quantitative estimate of drug-likeness (QED) is 0.892. The van der Waals surface area contributed by atoms with Crippen LogP contribution in [0.15, 0.2) is 18.2 Å². The molecule has 1 aromatic carbocycles. The van der Waals surface area contributed by atoms with Gasteiger partial charge in [0.25, 0.3) is 5.91 Å². The van der Waals surface area contributed by atoms with Crippen LogP contribution >= 0.6 is 0 Å². The van der Waals surface area contributed by atoms with Crippen LogP contribution in [-0.4, -0.2) is 35.0 Å². The van der Waals surface area contributed by atoms with Gasteiger partial charge in [0.15, 0.2) is 0 Å². The first-order valence-electron chi connectivity index (χ1n) is 5.95. The van der Waals surface area contributed by atoms with Gasteiger partial charge < -0.3 is 10.0 Å². The molecule has 0 aliphatic carbocycles. The van der Waals surface area contributed by atoms with E-state index in [-0.39, 0.29) is 18.7 Å². The number of piperidine rings is 1. The molecule has 0 aromatic heterocycles. The Morgan fingerprint density at radius 3 is 2.11 bits per heavy atom. The predicted octanol–water partition coefficient (Wildman–Crippen LogP) is 1.90. The zero-order valence-electron chi connectivity index (χ0n) is 10.1. The maximum atomic E-state index is 13.0. The minimum atomic E-state index is -0.871. The topological polar surface area (TPSA) is 57.6 Å². The molecule has 0 saturated carbocycles. The second-order valence-electron chi connectivity index (χ2n) is 4.56. The number of amides is 1. The predicted molar refractivity (Wildman–Crippen MR) is 62.6 cm³/mol. The molecular formula is C13H13F2NO3. The lowest BCUT2D eigenvalue weighted by Crippen LogP contribution is -2.40. The van der Waals surface area contributed by atoms with Crippen LogP contribution < -0.4 is 0 Å². The number of hydrogen-bond acceptors (Lipinski definition) is 2. The van der Waals surface area contributed by atoms with Gasteiger partial charge in [-0.05, 0) is 25.0 Å². The van der Waals surface area contributed by atoms with Crippen molar-refractivity contribution in [1.29, 1.82) is 0 Å². The largest absolute Gasteiger partial charge is 0.481 e. The summed E-state index contributed by atoms with van der Waals surface area (Å²) in [5, 5.41) is 8.85. The molecule has 2 rings (SSSR count). The summed E-state index contributed by atoms with van der Waals surface area (Å²) in [6, 6.07) is 2.66. The van der Waals surface area contributed by atoms with Crippen LogP contribution in [-0.2, 0) is 4.79 Å². The summed E-state index contributed by atoms with van der Waals surface area (Å²) in [5.74, 6) is -3.40. The van der Waals surface area contributed by atoms with Crippen LogP contribution in [0.2, 0.25) is 0 Å². The van der Waals surface area contributed by atoms with E-state index in [1.54, 1.807) is 0 Å². The molecule has 4 nitrogen and oxygen atoms in total. The maximum Gasteiger partial charge on any atom is 0.306 e. The van der Waals surface area contributed by atoms with Gasteiger partial charge in [-0.3, -0.25) is 9.59 Å². The Hall–Kier alpha value is -1.98. The molecule has 1 amide bonds. The first kappa shape index (κ1) is 13.5. The molecule has 102 valence electrons. The number of benzene rings is 1. The molecule has 0 radical (unpaired) electrons. The molecule has 1 aliphatic heterocycles. The van der Waals surface area contributed by atoms with Crippen molar-refractivity contribution >= 4 is 11.9 Å². The van der Waals surface area contributed by atoms with E-state index in [0.29, 0.717) is 18.9 Å². The third kappa shape index (κ3) is 3.07. The summed E-state index contributed by atoms with van der Waals surface area (Å²) in [7, 11) is 0. The van der Waals surface area contributed by atoms with Crippen molar-refractivity contribution in [2.24, 2.45) is 5.92 Å². The standard InChI is InChI=1S/C13H13F2NO3/c14-10-5-9(6-11(15)7-10)12(17)16-3-1-8(2-4-16)13(18)19/h5-8H,1-4H2,(H,18,19). The van der Waals surface area contributed by atoms with E-state index in [1.807, 2.05) is 0 Å². The van der Waals surface area contributed by atoms with E-state index >= 15 is 0 Å². The first-order valence-corrected chi connectivity index (χ1v) is 5.95. The van der Waals surface area contributed by atoms with Gasteiger partial charge in [0.1, 0.15) is 11.6 Å². The molecule has 6 heteroatoms. The lowest BCUT2D eigenvalue weighted by Gasteiger charge is -2.30. The van der Waals surface area contributed by atoms with E-state index in [4.69, 9.17) is 5.11 Å². The summed E-state index contributed by atoms with van der Waals surface area (Å²) >= 11 is 0. The number of carbonyl (C=O) groups excluding carboxylic acids is 1. The van der Waals surface area contributed by atoms with Crippen LogP contribution in [0.1, 0.15) is 23.2 Å². The molecule has 1 fully saturated rings. The lowest BCUT2D eigenvalue weighted by atomic mass is 9.96. The number of aliphatic carboxylic acids is 1. The molecule has 1 heterocycles. The number of hydrogen-bond donors (Lipinski definition) is 1. The van der Waals surface area contributed by atoms with E-state index in [2.05, 4.69) is 0 Å².